The van der Waals surface area contributed by atoms with E-state index in [1.54, 1.807) is 0 Å². The molecule has 3 atom stereocenters. The van der Waals surface area contributed by atoms with Crippen molar-refractivity contribution in [2.45, 2.75) is 50.4 Å². The van der Waals surface area contributed by atoms with E-state index < -0.39 is 6.10 Å². The highest BCUT2D eigenvalue weighted by Crippen LogP contribution is 2.30. The largest absolute Gasteiger partial charge is 0.394 e. The lowest BCUT2D eigenvalue weighted by Crippen LogP contribution is -2.51. The minimum atomic E-state index is -0.392. The molecular formula is C17H24N4O4. The fraction of sp³-hybridized carbons (Fsp3) is 0.647. The Labute approximate surface area is 146 Å². The van der Waals surface area contributed by atoms with Crippen LogP contribution < -0.4 is 10.6 Å². The van der Waals surface area contributed by atoms with Gasteiger partial charge >= 0.3 is 0 Å². The summed E-state index contributed by atoms with van der Waals surface area (Å²) in [6.45, 7) is 0.329. The lowest BCUT2D eigenvalue weighted by Gasteiger charge is -2.36. The summed E-state index contributed by atoms with van der Waals surface area (Å²) in [7, 11) is 0. The van der Waals surface area contributed by atoms with Crippen LogP contribution in [0, 0.1) is 5.92 Å². The van der Waals surface area contributed by atoms with Gasteiger partial charge in [-0.3, -0.25) is 14.6 Å². The maximum Gasteiger partial charge on any atom is 0.271 e. The lowest BCUT2D eigenvalue weighted by atomic mass is 9.97. The summed E-state index contributed by atoms with van der Waals surface area (Å²) >= 11 is 0. The lowest BCUT2D eigenvalue weighted by molar-refractivity contribution is -0.129. The van der Waals surface area contributed by atoms with Crippen molar-refractivity contribution in [3.8, 4) is 0 Å². The van der Waals surface area contributed by atoms with Gasteiger partial charge in [0.25, 0.3) is 5.91 Å². The zero-order chi connectivity index (χ0) is 17.6. The molecule has 3 rings (SSSR count). The zero-order valence-corrected chi connectivity index (χ0v) is 14.1. The van der Waals surface area contributed by atoms with E-state index in [0.29, 0.717) is 13.0 Å². The van der Waals surface area contributed by atoms with Gasteiger partial charge in [0.15, 0.2) is 0 Å². The van der Waals surface area contributed by atoms with E-state index >= 15 is 0 Å². The first-order valence-electron chi connectivity index (χ1n) is 8.78. The molecule has 0 aromatic carbocycles. The fourth-order valence-electron chi connectivity index (χ4n) is 3.01. The van der Waals surface area contributed by atoms with E-state index in [2.05, 4.69) is 20.6 Å². The number of nitrogens with zero attached hydrogens (tertiary/aromatic N) is 2. The average molecular weight is 348 g/mol. The molecule has 2 amide bonds. The smallest absolute Gasteiger partial charge is 0.271 e. The van der Waals surface area contributed by atoms with Crippen LogP contribution >= 0.6 is 0 Å². The molecule has 8 nitrogen and oxygen atoms in total. The Kier molecular flexibility index (Phi) is 5.93. The van der Waals surface area contributed by atoms with Crippen molar-refractivity contribution in [1.82, 2.24) is 20.6 Å². The van der Waals surface area contributed by atoms with Crippen LogP contribution in [0.25, 0.3) is 0 Å². The molecule has 1 saturated carbocycles. The Morgan fingerprint density at radius 3 is 2.76 bits per heavy atom. The number of ether oxygens (including phenoxy) is 1. The topological polar surface area (TPSA) is 113 Å². The highest BCUT2D eigenvalue weighted by atomic mass is 16.5. The number of amides is 2. The summed E-state index contributed by atoms with van der Waals surface area (Å²) in [4.78, 5) is 31.6. The Bertz CT molecular complexity index is 594. The van der Waals surface area contributed by atoms with Crippen molar-refractivity contribution in [3.05, 3.63) is 24.3 Å². The van der Waals surface area contributed by atoms with Crippen molar-refractivity contribution >= 4 is 11.8 Å². The van der Waals surface area contributed by atoms with E-state index in [9.17, 15) is 14.7 Å². The monoisotopic (exact) mass is 348 g/mol. The Balaban J connectivity index is 1.40. The molecule has 1 aliphatic heterocycles. The number of carbonyl (C=O) groups excluding carboxylic acids is 2. The first-order valence-corrected chi connectivity index (χ1v) is 8.78. The molecule has 1 saturated heterocycles. The third-order valence-electron chi connectivity index (χ3n) is 4.62. The maximum absolute atomic E-state index is 11.9. The van der Waals surface area contributed by atoms with E-state index in [0.717, 1.165) is 25.7 Å². The molecule has 0 radical (unpaired) electrons. The van der Waals surface area contributed by atoms with Gasteiger partial charge in [-0.1, -0.05) is 0 Å². The highest BCUT2D eigenvalue weighted by Gasteiger charge is 2.36. The maximum atomic E-state index is 11.9. The van der Waals surface area contributed by atoms with Gasteiger partial charge in [0, 0.05) is 24.9 Å². The predicted octanol–water partition coefficient (Wildman–Crippen LogP) is 0.0312. The van der Waals surface area contributed by atoms with Crippen LogP contribution in [-0.4, -0.2) is 58.3 Å². The van der Waals surface area contributed by atoms with Crippen molar-refractivity contribution in [1.29, 1.82) is 0 Å². The number of rotatable bonds is 7. The van der Waals surface area contributed by atoms with Gasteiger partial charge in [-0.05, 0) is 32.1 Å². The van der Waals surface area contributed by atoms with Crippen LogP contribution in [0.5, 0.6) is 0 Å². The summed E-state index contributed by atoms with van der Waals surface area (Å²) in [5.74, 6) is -0.0488. The van der Waals surface area contributed by atoms with Crippen molar-refractivity contribution < 1.29 is 19.4 Å². The Morgan fingerprint density at radius 1 is 1.24 bits per heavy atom. The Hall–Kier alpha value is -2.06. The SMILES string of the molecule is O=C(NCC[C@H]1CC[C@@H](NC(=O)C2CC2)[C@@H](CO)O1)c1cnccn1. The quantitative estimate of drug-likeness (QED) is 0.641. The normalized spacial score (nSPS) is 26.0. The van der Waals surface area contributed by atoms with Gasteiger partial charge in [-0.2, -0.15) is 0 Å². The van der Waals surface area contributed by atoms with Crippen LogP contribution in [0.15, 0.2) is 18.6 Å². The second kappa shape index (κ2) is 8.35. The van der Waals surface area contributed by atoms with Crippen LogP contribution in [-0.2, 0) is 9.53 Å². The number of aliphatic hydroxyl groups excluding tert-OH is 1. The van der Waals surface area contributed by atoms with Crippen LogP contribution in [0.1, 0.15) is 42.6 Å². The van der Waals surface area contributed by atoms with Crippen LogP contribution in [0.4, 0.5) is 0 Å². The first kappa shape index (κ1) is 17.8. The second-order valence-electron chi connectivity index (χ2n) is 6.58. The summed E-state index contributed by atoms with van der Waals surface area (Å²) < 4.78 is 5.89. The summed E-state index contributed by atoms with van der Waals surface area (Å²) in [6, 6.07) is -0.136. The molecule has 2 fully saturated rings. The molecule has 8 heteroatoms. The van der Waals surface area contributed by atoms with Gasteiger partial charge in [-0.25, -0.2) is 4.98 Å². The third kappa shape index (κ3) is 4.96. The molecule has 2 aliphatic rings. The highest BCUT2D eigenvalue weighted by molar-refractivity contribution is 5.91. The van der Waals surface area contributed by atoms with Crippen molar-refractivity contribution in [2.24, 2.45) is 5.92 Å². The molecule has 1 aliphatic carbocycles. The summed E-state index contributed by atoms with van der Waals surface area (Å²) in [5.41, 5.74) is 0.281. The van der Waals surface area contributed by atoms with Crippen LogP contribution in [0.3, 0.4) is 0 Å². The molecule has 136 valence electrons. The van der Waals surface area contributed by atoms with Crippen LogP contribution in [0.2, 0.25) is 0 Å². The van der Waals surface area contributed by atoms with Gasteiger partial charge in [-0.15, -0.1) is 0 Å². The summed E-state index contributed by atoms with van der Waals surface area (Å²) in [6.07, 6.45) is 8.08. The summed E-state index contributed by atoms with van der Waals surface area (Å²) in [5, 5.41) is 15.3. The number of aromatic nitrogens is 2. The fourth-order valence-corrected chi connectivity index (χ4v) is 3.01. The predicted molar refractivity (Wildman–Crippen MR) is 88.6 cm³/mol. The molecule has 0 bridgehead atoms. The van der Waals surface area contributed by atoms with E-state index in [-0.39, 0.29) is 42.2 Å². The second-order valence-corrected chi connectivity index (χ2v) is 6.58. The molecule has 25 heavy (non-hydrogen) atoms. The molecule has 1 aromatic heterocycles. The molecule has 3 N–H and O–H groups in total. The van der Waals surface area contributed by atoms with Crippen molar-refractivity contribution in [2.75, 3.05) is 13.2 Å². The standard InChI is InChI=1S/C17H24N4O4/c22-10-15-13(21-16(23)11-1-2-11)4-3-12(25-15)5-6-20-17(24)14-9-18-7-8-19-14/h7-9,11-13,15,22H,1-6,10H2,(H,20,24)(H,21,23)/t12-,13-,15-/m1/s1. The van der Waals surface area contributed by atoms with Crippen molar-refractivity contribution in [3.63, 3.8) is 0 Å². The van der Waals surface area contributed by atoms with Gasteiger partial charge in [0.05, 0.1) is 24.9 Å². The first-order chi connectivity index (χ1) is 12.2. The molecule has 2 heterocycles. The number of carbonyl (C=O) groups is 2. The van der Waals surface area contributed by atoms with E-state index in [1.165, 1.54) is 18.6 Å². The van der Waals surface area contributed by atoms with E-state index in [4.69, 9.17) is 4.74 Å². The zero-order valence-electron chi connectivity index (χ0n) is 14.1. The third-order valence-corrected chi connectivity index (χ3v) is 4.62. The van der Waals surface area contributed by atoms with E-state index in [1.807, 2.05) is 0 Å². The van der Waals surface area contributed by atoms with Gasteiger partial charge in [0.1, 0.15) is 11.8 Å². The number of aliphatic hydroxyl groups is 1. The van der Waals surface area contributed by atoms with Gasteiger partial charge < -0.3 is 20.5 Å². The molecule has 0 spiro atoms. The average Bonchev–Trinajstić information content (AvgIpc) is 3.48. The number of hydrogen-bond acceptors (Lipinski definition) is 6. The molecule has 0 unspecified atom stereocenters. The number of nitrogens with one attached hydrogen (secondary N) is 2. The Morgan fingerprint density at radius 2 is 2.08 bits per heavy atom. The minimum absolute atomic E-state index is 0.0478. The number of hydrogen-bond donors (Lipinski definition) is 3. The van der Waals surface area contributed by atoms with Gasteiger partial charge in [0.2, 0.25) is 5.91 Å². The minimum Gasteiger partial charge on any atom is -0.394 e. The molecular weight excluding hydrogens is 324 g/mol. The molecule has 1 aromatic rings.